The predicted octanol–water partition coefficient (Wildman–Crippen LogP) is -1.41. The van der Waals surface area contributed by atoms with E-state index in [1.165, 1.54) is 4.90 Å². The first-order valence-corrected chi connectivity index (χ1v) is 9.27. The number of amides is 2. The third-order valence-corrected chi connectivity index (χ3v) is 4.70. The Bertz CT molecular complexity index is 600. The van der Waals surface area contributed by atoms with Crippen molar-refractivity contribution in [3.05, 3.63) is 29.8 Å². The largest absolute Gasteiger partial charge is 0.383 e. The normalized spacial score (nSPS) is 15.8. The Hall–Kier alpha value is -2.16. The maximum atomic E-state index is 12.1. The second kappa shape index (κ2) is 10.9. The van der Waals surface area contributed by atoms with Crippen molar-refractivity contribution in [2.75, 3.05) is 72.1 Å². The molecule has 1 aromatic carbocycles. The molecule has 1 heterocycles. The van der Waals surface area contributed by atoms with E-state index in [0.717, 1.165) is 24.3 Å². The van der Waals surface area contributed by atoms with Gasteiger partial charge in [0.2, 0.25) is 0 Å². The monoisotopic (exact) mass is 379 g/mol. The summed E-state index contributed by atoms with van der Waals surface area (Å²) >= 11 is 0. The first kappa shape index (κ1) is 21.1. The summed E-state index contributed by atoms with van der Waals surface area (Å²) in [5.41, 5.74) is 2.26. The first-order chi connectivity index (χ1) is 13.0. The van der Waals surface area contributed by atoms with E-state index in [0.29, 0.717) is 32.9 Å². The summed E-state index contributed by atoms with van der Waals surface area (Å²) < 4.78 is 10.3. The summed E-state index contributed by atoms with van der Waals surface area (Å²) in [6.07, 6.45) is 0. The van der Waals surface area contributed by atoms with Gasteiger partial charge in [-0.05, 0) is 12.1 Å². The van der Waals surface area contributed by atoms with E-state index in [1.54, 1.807) is 7.11 Å². The van der Waals surface area contributed by atoms with E-state index >= 15 is 0 Å². The Kier molecular flexibility index (Phi) is 8.50. The van der Waals surface area contributed by atoms with Crippen molar-refractivity contribution in [3.8, 4) is 0 Å². The lowest BCUT2D eigenvalue weighted by Gasteiger charge is -2.32. The SMILES string of the molecule is COCCNC(=O)C(=O)NC[C@H](c1ccc(N(C)C)cc1)[NH+]1CCOCC1. The molecule has 1 atom stereocenters. The molecule has 1 aromatic rings. The van der Waals surface area contributed by atoms with Crippen LogP contribution in [-0.2, 0) is 19.1 Å². The maximum Gasteiger partial charge on any atom is 0.309 e. The summed E-state index contributed by atoms with van der Waals surface area (Å²) in [6.45, 7) is 4.23. The van der Waals surface area contributed by atoms with Gasteiger partial charge in [0.15, 0.2) is 0 Å². The Morgan fingerprint density at radius 2 is 1.78 bits per heavy atom. The number of hydrogen-bond donors (Lipinski definition) is 3. The lowest BCUT2D eigenvalue weighted by molar-refractivity contribution is -0.937. The van der Waals surface area contributed by atoms with Crippen LogP contribution in [0.1, 0.15) is 11.6 Å². The molecule has 3 N–H and O–H groups in total. The topological polar surface area (TPSA) is 84.3 Å². The van der Waals surface area contributed by atoms with Crippen molar-refractivity contribution in [3.63, 3.8) is 0 Å². The molecule has 8 nitrogen and oxygen atoms in total. The number of hydrogen-bond acceptors (Lipinski definition) is 5. The molecule has 150 valence electrons. The van der Waals surface area contributed by atoms with Gasteiger partial charge in [-0.2, -0.15) is 0 Å². The number of carbonyl (C=O) groups excluding carboxylic acids is 2. The van der Waals surface area contributed by atoms with E-state index in [9.17, 15) is 9.59 Å². The number of methoxy groups -OCH3 is 1. The van der Waals surface area contributed by atoms with E-state index < -0.39 is 11.8 Å². The number of anilines is 1. The van der Waals surface area contributed by atoms with Gasteiger partial charge >= 0.3 is 11.8 Å². The third kappa shape index (κ3) is 6.50. The molecule has 0 aromatic heterocycles. The van der Waals surface area contributed by atoms with Crippen molar-refractivity contribution in [1.82, 2.24) is 10.6 Å². The van der Waals surface area contributed by atoms with Crippen molar-refractivity contribution >= 4 is 17.5 Å². The summed E-state index contributed by atoms with van der Waals surface area (Å²) in [4.78, 5) is 27.3. The Morgan fingerprint density at radius 3 is 2.37 bits per heavy atom. The number of rotatable bonds is 8. The van der Waals surface area contributed by atoms with Crippen molar-refractivity contribution in [2.24, 2.45) is 0 Å². The third-order valence-electron chi connectivity index (χ3n) is 4.70. The minimum Gasteiger partial charge on any atom is -0.383 e. The van der Waals surface area contributed by atoms with Crippen LogP contribution in [0.3, 0.4) is 0 Å². The predicted molar refractivity (Wildman–Crippen MR) is 103 cm³/mol. The number of quaternary nitrogens is 1. The minimum absolute atomic E-state index is 0.0702. The van der Waals surface area contributed by atoms with E-state index in [1.807, 2.05) is 19.0 Å². The van der Waals surface area contributed by atoms with Gasteiger partial charge in [0, 0.05) is 39.0 Å². The molecule has 27 heavy (non-hydrogen) atoms. The van der Waals surface area contributed by atoms with Crippen LogP contribution in [0.5, 0.6) is 0 Å². The number of benzene rings is 1. The van der Waals surface area contributed by atoms with Gasteiger partial charge in [-0.3, -0.25) is 9.59 Å². The first-order valence-electron chi connectivity index (χ1n) is 9.27. The van der Waals surface area contributed by atoms with Gasteiger partial charge < -0.3 is 29.9 Å². The number of ether oxygens (including phenoxy) is 2. The van der Waals surface area contributed by atoms with Gasteiger partial charge in [0.1, 0.15) is 19.1 Å². The van der Waals surface area contributed by atoms with Crippen LogP contribution in [-0.4, -0.2) is 79.0 Å². The lowest BCUT2D eigenvalue weighted by atomic mass is 10.0. The van der Waals surface area contributed by atoms with Gasteiger partial charge in [0.05, 0.1) is 26.4 Å². The fraction of sp³-hybridized carbons (Fsp3) is 0.579. The van der Waals surface area contributed by atoms with E-state index in [-0.39, 0.29) is 6.04 Å². The molecule has 1 saturated heterocycles. The second-order valence-electron chi connectivity index (χ2n) is 6.77. The van der Waals surface area contributed by atoms with Crippen molar-refractivity contribution in [2.45, 2.75) is 6.04 Å². The molecule has 2 amide bonds. The van der Waals surface area contributed by atoms with Crippen LogP contribution < -0.4 is 20.4 Å². The summed E-state index contributed by atoms with van der Waals surface area (Å²) in [7, 11) is 5.55. The highest BCUT2D eigenvalue weighted by Gasteiger charge is 2.27. The molecule has 0 radical (unpaired) electrons. The minimum atomic E-state index is -0.634. The highest BCUT2D eigenvalue weighted by atomic mass is 16.5. The Balaban J connectivity index is 2.02. The summed E-state index contributed by atoms with van der Waals surface area (Å²) in [6, 6.07) is 8.39. The van der Waals surface area contributed by atoms with Crippen LogP contribution in [0, 0.1) is 0 Å². The highest BCUT2D eigenvalue weighted by Crippen LogP contribution is 2.16. The quantitative estimate of drug-likeness (QED) is 0.382. The zero-order chi connectivity index (χ0) is 19.6. The van der Waals surface area contributed by atoms with Crippen LogP contribution in [0.4, 0.5) is 5.69 Å². The maximum absolute atomic E-state index is 12.1. The molecule has 8 heteroatoms. The molecule has 0 aliphatic carbocycles. The molecule has 1 aliphatic heterocycles. The van der Waals surface area contributed by atoms with Crippen LogP contribution >= 0.6 is 0 Å². The molecule has 0 spiro atoms. The average molecular weight is 379 g/mol. The summed E-state index contributed by atoms with van der Waals surface area (Å²) in [5.74, 6) is -1.25. The van der Waals surface area contributed by atoms with E-state index in [4.69, 9.17) is 9.47 Å². The fourth-order valence-corrected chi connectivity index (χ4v) is 3.11. The van der Waals surface area contributed by atoms with Gasteiger partial charge in [0.25, 0.3) is 0 Å². The fourth-order valence-electron chi connectivity index (χ4n) is 3.11. The number of nitrogens with zero attached hydrogens (tertiary/aromatic N) is 1. The van der Waals surface area contributed by atoms with Gasteiger partial charge in [-0.25, -0.2) is 0 Å². The average Bonchev–Trinajstić information content (AvgIpc) is 2.69. The number of nitrogens with one attached hydrogen (secondary N) is 3. The Morgan fingerprint density at radius 1 is 1.15 bits per heavy atom. The Labute approximate surface area is 160 Å². The molecule has 1 fully saturated rings. The zero-order valence-electron chi connectivity index (χ0n) is 16.4. The smallest absolute Gasteiger partial charge is 0.309 e. The van der Waals surface area contributed by atoms with Gasteiger partial charge in [-0.1, -0.05) is 12.1 Å². The molecule has 0 saturated carbocycles. The van der Waals surface area contributed by atoms with E-state index in [2.05, 4.69) is 34.9 Å². The molecular weight excluding hydrogens is 348 g/mol. The van der Waals surface area contributed by atoms with Crippen LogP contribution in [0.15, 0.2) is 24.3 Å². The summed E-state index contributed by atoms with van der Waals surface area (Å²) in [5, 5.41) is 5.32. The molecule has 1 aliphatic rings. The lowest BCUT2D eigenvalue weighted by Crippen LogP contribution is -3.15. The second-order valence-corrected chi connectivity index (χ2v) is 6.77. The number of morpholine rings is 1. The van der Waals surface area contributed by atoms with Gasteiger partial charge in [-0.15, -0.1) is 0 Å². The van der Waals surface area contributed by atoms with Crippen LogP contribution in [0.2, 0.25) is 0 Å². The molecule has 0 unspecified atom stereocenters. The number of carbonyl (C=O) groups is 2. The zero-order valence-corrected chi connectivity index (χ0v) is 16.4. The highest BCUT2D eigenvalue weighted by molar-refractivity contribution is 6.35. The molecular formula is C19H31N4O4+. The van der Waals surface area contributed by atoms with Crippen molar-refractivity contribution in [1.29, 1.82) is 0 Å². The van der Waals surface area contributed by atoms with Crippen molar-refractivity contribution < 1.29 is 24.0 Å². The van der Waals surface area contributed by atoms with Crippen LogP contribution in [0.25, 0.3) is 0 Å². The molecule has 0 bridgehead atoms. The molecule has 2 rings (SSSR count). The standard InChI is InChI=1S/C19H30N4O4/c1-22(2)16-6-4-15(5-7-16)17(23-9-12-27-13-10-23)14-21-19(25)18(24)20-8-11-26-3/h4-7,17H,8-14H2,1-3H3,(H,20,24)(H,21,25)/p+1/t17-/m1/s1.